The molecule has 0 aromatic carbocycles. The summed E-state index contributed by atoms with van der Waals surface area (Å²) >= 11 is 0. The first-order chi connectivity index (χ1) is 20.9. The van der Waals surface area contributed by atoms with Gasteiger partial charge in [-0.2, -0.15) is 0 Å². The van der Waals surface area contributed by atoms with Crippen LogP contribution in [0, 0.1) is 45.8 Å². The highest BCUT2D eigenvalue weighted by Crippen LogP contribution is 2.72. The molecule has 0 saturated heterocycles. The van der Waals surface area contributed by atoms with Gasteiger partial charge in [-0.1, -0.05) is 58.4 Å². The van der Waals surface area contributed by atoms with Crippen molar-refractivity contribution < 1.29 is 56.6 Å². The summed E-state index contributed by atoms with van der Waals surface area (Å²) in [4.78, 5) is 0. The second-order valence-corrected chi connectivity index (χ2v) is 17.9. The van der Waals surface area contributed by atoms with E-state index in [1.165, 1.54) is 0 Å². The van der Waals surface area contributed by atoms with Gasteiger partial charge >= 0.3 is 0 Å². The highest BCUT2D eigenvalue weighted by molar-refractivity contribution is 7.81. The molecule has 1 unspecified atom stereocenters. The van der Waals surface area contributed by atoms with Crippen molar-refractivity contribution in [2.45, 2.75) is 117 Å². The van der Waals surface area contributed by atoms with Crippen molar-refractivity contribution in [2.24, 2.45) is 45.8 Å². The number of allylic oxidation sites excluding steroid dienone is 3. The number of aliphatic hydroxyl groups excluding tert-OH is 1. The van der Waals surface area contributed by atoms with E-state index >= 15 is 0 Å². The van der Waals surface area contributed by atoms with Gasteiger partial charge in [0, 0.05) is 5.92 Å². The molecule has 3 saturated carbocycles. The molecule has 266 valence electrons. The molecular weight excluding hydrogens is 665 g/mol. The molecule has 4 aliphatic rings. The van der Waals surface area contributed by atoms with Gasteiger partial charge < -0.3 is 18.8 Å². The molecular formula is C30H47O13S3-3. The molecule has 46 heavy (non-hydrogen) atoms. The van der Waals surface area contributed by atoms with Crippen LogP contribution in [0.5, 0.6) is 0 Å². The Labute approximate surface area is 274 Å². The van der Waals surface area contributed by atoms with E-state index in [1.807, 2.05) is 6.08 Å². The lowest BCUT2D eigenvalue weighted by molar-refractivity contribution is -0.179. The molecule has 0 aromatic rings. The minimum absolute atomic E-state index is 0.0202. The van der Waals surface area contributed by atoms with Gasteiger partial charge in [0.25, 0.3) is 0 Å². The largest absolute Gasteiger partial charge is 0.726 e. The van der Waals surface area contributed by atoms with Gasteiger partial charge in [-0.15, -0.1) is 0 Å². The van der Waals surface area contributed by atoms with Crippen molar-refractivity contribution in [2.75, 3.05) is 0 Å². The van der Waals surface area contributed by atoms with Gasteiger partial charge in [-0.25, -0.2) is 25.3 Å². The van der Waals surface area contributed by atoms with E-state index in [2.05, 4.69) is 49.6 Å². The summed E-state index contributed by atoms with van der Waals surface area (Å²) < 4.78 is 120. The van der Waals surface area contributed by atoms with Crippen LogP contribution in [0.4, 0.5) is 0 Å². The van der Waals surface area contributed by atoms with E-state index in [-0.39, 0.29) is 17.8 Å². The number of aliphatic hydroxyl groups is 1. The first-order valence-electron chi connectivity index (χ1n) is 15.8. The van der Waals surface area contributed by atoms with Crippen molar-refractivity contribution in [3.8, 4) is 0 Å². The van der Waals surface area contributed by atoms with E-state index in [0.717, 1.165) is 43.3 Å². The maximum atomic E-state index is 12.0. The molecule has 1 N–H and O–H groups in total. The highest BCUT2D eigenvalue weighted by Gasteiger charge is 2.68. The lowest BCUT2D eigenvalue weighted by atomic mass is 9.43. The zero-order chi connectivity index (χ0) is 34.8. The van der Waals surface area contributed by atoms with E-state index in [9.17, 15) is 44.0 Å². The Morgan fingerprint density at radius 3 is 2.07 bits per heavy atom. The number of hydrogen-bond acceptors (Lipinski definition) is 13. The summed E-state index contributed by atoms with van der Waals surface area (Å²) in [7, 11) is -16.4. The third kappa shape index (κ3) is 7.17. The summed E-state index contributed by atoms with van der Waals surface area (Å²) in [6.45, 7) is 16.6. The number of fused-ring (bicyclic) bond motifs is 5. The summed E-state index contributed by atoms with van der Waals surface area (Å²) in [6.07, 6.45) is -0.765. The predicted molar refractivity (Wildman–Crippen MR) is 163 cm³/mol. The van der Waals surface area contributed by atoms with E-state index in [4.69, 9.17) is 4.18 Å². The fourth-order valence-electron chi connectivity index (χ4n) is 10.2. The lowest BCUT2D eigenvalue weighted by Gasteiger charge is -2.64. The Balaban J connectivity index is 1.79. The van der Waals surface area contributed by atoms with Crippen molar-refractivity contribution in [3.63, 3.8) is 0 Å². The molecule has 3 fully saturated rings. The van der Waals surface area contributed by atoms with E-state index in [0.29, 0.717) is 24.2 Å². The van der Waals surface area contributed by atoms with E-state index < -0.39 is 78.8 Å². The first kappa shape index (κ1) is 37.9. The summed E-state index contributed by atoms with van der Waals surface area (Å²) in [5, 5.41) is 11.5. The third-order valence-corrected chi connectivity index (χ3v) is 13.9. The quantitative estimate of drug-likeness (QED) is 0.174. The van der Waals surface area contributed by atoms with Crippen LogP contribution >= 0.6 is 0 Å². The molecule has 0 spiro atoms. The Kier molecular flexibility index (Phi) is 10.5. The lowest BCUT2D eigenvalue weighted by Crippen LogP contribution is -2.65. The molecule has 0 aromatic heterocycles. The van der Waals surface area contributed by atoms with Crippen LogP contribution in [0.15, 0.2) is 23.8 Å². The van der Waals surface area contributed by atoms with Gasteiger partial charge in [0.2, 0.25) is 31.2 Å². The SMILES string of the molecule is C=C(C)C(CC)CC[C@@H](C)[C@H]1CC[C@@]2(C)[C@@H]3C[C@H](OS(=O)(=O)[O-])[C@H]4[C@@H](O)[C@H](OS(=O)(=O)[O-])[C@@H](OS(=O)(=O)[O-])C[C@]4(C)C3=CC[C@]12C. The smallest absolute Gasteiger partial charge is 0.218 e. The fraction of sp³-hybridized carbons (Fsp3) is 0.867. The molecule has 0 heterocycles. The van der Waals surface area contributed by atoms with Crippen LogP contribution in [-0.4, -0.2) is 68.4 Å². The number of hydrogen-bond donors (Lipinski definition) is 1. The van der Waals surface area contributed by atoms with Gasteiger partial charge in [0.1, 0.15) is 12.2 Å². The molecule has 4 rings (SSSR count). The molecule has 0 bridgehead atoms. The van der Waals surface area contributed by atoms with Crippen LogP contribution < -0.4 is 0 Å². The molecule has 16 heteroatoms. The van der Waals surface area contributed by atoms with Gasteiger partial charge in [0.15, 0.2) is 0 Å². The van der Waals surface area contributed by atoms with Crippen LogP contribution in [0.25, 0.3) is 0 Å². The minimum Gasteiger partial charge on any atom is -0.726 e. The zero-order valence-electron chi connectivity index (χ0n) is 27.2. The fourth-order valence-corrected chi connectivity index (χ4v) is 11.7. The van der Waals surface area contributed by atoms with Crippen molar-refractivity contribution in [1.82, 2.24) is 0 Å². The molecule has 0 amide bonds. The van der Waals surface area contributed by atoms with Crippen molar-refractivity contribution >= 4 is 31.2 Å². The maximum absolute atomic E-state index is 12.0. The van der Waals surface area contributed by atoms with Gasteiger partial charge in [-0.3, -0.25) is 12.5 Å². The van der Waals surface area contributed by atoms with Crippen LogP contribution in [-0.2, 0) is 43.7 Å². The topological polar surface area (TPSA) is 220 Å². The second kappa shape index (κ2) is 12.7. The normalized spacial score (nSPS) is 41.1. The highest BCUT2D eigenvalue weighted by atomic mass is 32.3. The molecule has 13 nitrogen and oxygen atoms in total. The average molecular weight is 712 g/mol. The van der Waals surface area contributed by atoms with Gasteiger partial charge in [-0.05, 0) is 98.2 Å². The van der Waals surface area contributed by atoms with Crippen molar-refractivity contribution in [1.29, 1.82) is 0 Å². The molecule has 12 atom stereocenters. The molecule has 0 aliphatic heterocycles. The Hall–Kier alpha value is -0.950. The third-order valence-electron chi connectivity index (χ3n) is 12.5. The van der Waals surface area contributed by atoms with Crippen molar-refractivity contribution in [3.05, 3.63) is 23.8 Å². The second-order valence-electron chi connectivity index (χ2n) is 14.8. The monoisotopic (exact) mass is 711 g/mol. The Morgan fingerprint density at radius 1 is 0.978 bits per heavy atom. The predicted octanol–water partition coefficient (Wildman–Crippen LogP) is 3.70. The van der Waals surface area contributed by atoms with Crippen LogP contribution in [0.3, 0.4) is 0 Å². The Morgan fingerprint density at radius 2 is 1.54 bits per heavy atom. The minimum atomic E-state index is -5.57. The summed E-state index contributed by atoms with van der Waals surface area (Å²) in [6, 6.07) is 0. The summed E-state index contributed by atoms with van der Waals surface area (Å²) in [5.74, 6) is -0.618. The summed E-state index contributed by atoms with van der Waals surface area (Å²) in [5.41, 5.74) is -0.118. The maximum Gasteiger partial charge on any atom is 0.218 e. The standard InChI is InChI=1S/C30H50O13S3/c1-8-19(17(2)3)10-9-18(4)20-11-13-30(7)22-15-23(41-44(32,33)34)25-26(31)27(43-46(38,39)40)24(42-45(35,36)37)16-28(25,5)21(22)12-14-29(20,30)6/h12,18-20,22-27,31H,2,8-11,13-16H2,1,3-7H3,(H,32,33,34)(H,35,36,37)(H,38,39,40)/p-3/t18-,19?,20-,22-,23+,24+,25+,26-,27-,28-,29-,30+/m1/s1. The van der Waals surface area contributed by atoms with Crippen LogP contribution in [0.2, 0.25) is 0 Å². The first-order valence-corrected chi connectivity index (χ1v) is 19.8. The van der Waals surface area contributed by atoms with Crippen LogP contribution in [0.1, 0.15) is 92.9 Å². The number of rotatable bonds is 12. The molecule has 4 aliphatic carbocycles. The molecule has 0 radical (unpaired) electrons. The Bertz CT molecular complexity index is 1540. The average Bonchev–Trinajstić information content (AvgIpc) is 3.15. The van der Waals surface area contributed by atoms with Gasteiger partial charge in [0.05, 0.1) is 12.2 Å². The van der Waals surface area contributed by atoms with E-state index in [1.54, 1.807) is 6.92 Å². The zero-order valence-corrected chi connectivity index (χ0v) is 29.7.